The maximum Gasteiger partial charge on any atom is 0.418 e. The molecule has 1 fully saturated rings. The molecule has 1 saturated heterocycles. The molecule has 0 bridgehead atoms. The second-order valence-electron chi connectivity index (χ2n) is 4.49. The van der Waals surface area contributed by atoms with Crippen LogP contribution in [0.5, 0.6) is 5.75 Å². The van der Waals surface area contributed by atoms with Gasteiger partial charge in [-0.25, -0.2) is 0 Å². The van der Waals surface area contributed by atoms with Crippen molar-refractivity contribution >= 4 is 12.4 Å². The molecule has 0 spiro atoms. The van der Waals surface area contributed by atoms with Crippen LogP contribution in [0.15, 0.2) is 18.5 Å². The number of aromatic nitrogens is 1. The van der Waals surface area contributed by atoms with Crippen molar-refractivity contribution in [2.75, 3.05) is 20.2 Å². The highest BCUT2D eigenvalue weighted by Crippen LogP contribution is 2.30. The van der Waals surface area contributed by atoms with Gasteiger partial charge >= 0.3 is 6.18 Å². The zero-order valence-electron chi connectivity index (χ0n) is 10.5. The van der Waals surface area contributed by atoms with Crippen LogP contribution >= 0.6 is 12.4 Å². The average molecular weight is 297 g/mol. The minimum atomic E-state index is -4.38. The van der Waals surface area contributed by atoms with Crippen LogP contribution in [-0.4, -0.2) is 36.1 Å². The van der Waals surface area contributed by atoms with Crippen LogP contribution in [0, 0.1) is 0 Å². The molecule has 2 heterocycles. The fraction of sp³-hybridized carbons (Fsp3) is 0.583. The lowest BCUT2D eigenvalue weighted by Crippen LogP contribution is -2.30. The first kappa shape index (κ1) is 16.0. The number of hydrogen-bond donors (Lipinski definition) is 0. The molecule has 1 aliphatic heterocycles. The van der Waals surface area contributed by atoms with Crippen molar-refractivity contribution in [3.05, 3.63) is 24.0 Å². The van der Waals surface area contributed by atoms with E-state index in [-0.39, 0.29) is 24.2 Å². The topological polar surface area (TPSA) is 25.4 Å². The lowest BCUT2D eigenvalue weighted by Gasteiger charge is -2.19. The van der Waals surface area contributed by atoms with E-state index in [4.69, 9.17) is 4.74 Å². The molecule has 2 rings (SSSR count). The molecule has 0 N–H and O–H groups in total. The van der Waals surface area contributed by atoms with E-state index in [1.165, 1.54) is 6.20 Å². The van der Waals surface area contributed by atoms with E-state index in [9.17, 15) is 13.2 Å². The Morgan fingerprint density at radius 2 is 2.16 bits per heavy atom. The van der Waals surface area contributed by atoms with Gasteiger partial charge in [0.25, 0.3) is 0 Å². The number of halogens is 4. The molecule has 7 heteroatoms. The van der Waals surface area contributed by atoms with Crippen molar-refractivity contribution in [2.24, 2.45) is 0 Å². The van der Waals surface area contributed by atoms with Gasteiger partial charge < -0.3 is 9.64 Å². The third kappa shape index (κ3) is 4.24. The van der Waals surface area contributed by atoms with Crippen LogP contribution in [-0.2, 0) is 6.18 Å². The summed E-state index contributed by atoms with van der Waals surface area (Å²) in [6.07, 6.45) is -0.149. The second kappa shape index (κ2) is 6.43. The molecule has 1 aliphatic rings. The summed E-state index contributed by atoms with van der Waals surface area (Å²) in [5, 5.41) is 0. The van der Waals surface area contributed by atoms with Gasteiger partial charge in [-0.2, -0.15) is 13.2 Å². The molecular formula is C12H16ClF3N2O. The number of ether oxygens (including phenoxy) is 1. The normalized spacial score (nSPS) is 20.1. The molecule has 0 aromatic carbocycles. The largest absolute Gasteiger partial charge is 0.490 e. The Morgan fingerprint density at radius 3 is 2.74 bits per heavy atom. The molecule has 19 heavy (non-hydrogen) atoms. The number of likely N-dealkylation sites (tertiary alicyclic amines) is 1. The van der Waals surface area contributed by atoms with Gasteiger partial charge in [0.1, 0.15) is 12.4 Å². The van der Waals surface area contributed by atoms with Gasteiger partial charge in [-0.1, -0.05) is 0 Å². The molecule has 1 aromatic heterocycles. The average Bonchev–Trinajstić information content (AvgIpc) is 2.72. The number of pyridine rings is 1. The molecule has 0 radical (unpaired) electrons. The molecule has 0 aliphatic carbocycles. The summed E-state index contributed by atoms with van der Waals surface area (Å²) < 4.78 is 42.8. The summed E-state index contributed by atoms with van der Waals surface area (Å²) in [4.78, 5) is 5.71. The maximum atomic E-state index is 12.5. The van der Waals surface area contributed by atoms with Crippen LogP contribution in [0.25, 0.3) is 0 Å². The van der Waals surface area contributed by atoms with Gasteiger partial charge in [0.15, 0.2) is 0 Å². The Kier molecular flexibility index (Phi) is 5.43. The zero-order chi connectivity index (χ0) is 13.2. The summed E-state index contributed by atoms with van der Waals surface area (Å²) in [5.74, 6) is 0.171. The van der Waals surface area contributed by atoms with Crippen LogP contribution in [0.1, 0.15) is 18.4 Å². The Bertz CT molecular complexity index is 414. The molecule has 1 aromatic rings. The molecule has 108 valence electrons. The number of alkyl halides is 3. The van der Waals surface area contributed by atoms with E-state index >= 15 is 0 Å². The van der Waals surface area contributed by atoms with Crippen LogP contribution in [0.2, 0.25) is 0 Å². The van der Waals surface area contributed by atoms with Gasteiger partial charge in [-0.15, -0.1) is 12.4 Å². The lowest BCUT2D eigenvalue weighted by atomic mass is 10.2. The minimum absolute atomic E-state index is 0. The van der Waals surface area contributed by atoms with Gasteiger partial charge in [0, 0.05) is 12.2 Å². The molecule has 0 saturated carbocycles. The first-order valence-electron chi connectivity index (χ1n) is 5.82. The Hall–Kier alpha value is -1.01. The van der Waals surface area contributed by atoms with E-state index in [0.717, 1.165) is 31.6 Å². The second-order valence-corrected chi connectivity index (χ2v) is 4.49. The summed E-state index contributed by atoms with van der Waals surface area (Å²) >= 11 is 0. The molecule has 0 amide bonds. The number of likely N-dealkylation sites (N-methyl/N-ethyl adjacent to an activating group) is 1. The van der Waals surface area contributed by atoms with Crippen LogP contribution < -0.4 is 4.74 Å². The Balaban J connectivity index is 0.00000180. The smallest absolute Gasteiger partial charge is 0.418 e. The highest BCUT2D eigenvalue weighted by atomic mass is 35.5. The van der Waals surface area contributed by atoms with E-state index in [2.05, 4.69) is 9.88 Å². The fourth-order valence-corrected chi connectivity index (χ4v) is 2.04. The van der Waals surface area contributed by atoms with E-state index < -0.39 is 11.7 Å². The number of rotatable bonds is 3. The Morgan fingerprint density at radius 1 is 1.42 bits per heavy atom. The molecule has 1 atom stereocenters. The number of hydrogen-bond acceptors (Lipinski definition) is 3. The van der Waals surface area contributed by atoms with Crippen LogP contribution in [0.3, 0.4) is 0 Å². The van der Waals surface area contributed by atoms with Gasteiger partial charge in [-0.3, -0.25) is 4.98 Å². The predicted molar refractivity (Wildman–Crippen MR) is 67.6 cm³/mol. The molecule has 3 nitrogen and oxygen atoms in total. The van der Waals surface area contributed by atoms with Crippen molar-refractivity contribution in [3.63, 3.8) is 0 Å². The monoisotopic (exact) mass is 296 g/mol. The predicted octanol–water partition coefficient (Wildman–Crippen LogP) is 3.00. The van der Waals surface area contributed by atoms with Crippen LogP contribution in [0.4, 0.5) is 13.2 Å². The van der Waals surface area contributed by atoms with Crippen molar-refractivity contribution in [3.8, 4) is 5.75 Å². The summed E-state index contributed by atoms with van der Waals surface area (Å²) in [7, 11) is 1.99. The highest BCUT2D eigenvalue weighted by Gasteiger charge is 2.31. The fourth-order valence-electron chi connectivity index (χ4n) is 2.04. The Labute approximate surface area is 116 Å². The van der Waals surface area contributed by atoms with Gasteiger partial charge in [0.05, 0.1) is 11.8 Å². The summed E-state index contributed by atoms with van der Waals surface area (Å²) in [6, 6.07) is 1.27. The standard InChI is InChI=1S/C12H15F3N2O.ClH/c1-17-4-2-3-10(17)8-18-11-5-9(6-16-7-11)12(13,14)15;/h5-7,10H,2-4,8H2,1H3;1H/t10-;/m1./s1. The number of nitrogens with zero attached hydrogens (tertiary/aromatic N) is 2. The summed E-state index contributed by atoms with van der Waals surface area (Å²) in [5.41, 5.74) is -0.778. The van der Waals surface area contributed by atoms with E-state index in [0.29, 0.717) is 6.61 Å². The van der Waals surface area contributed by atoms with Crippen molar-refractivity contribution in [1.82, 2.24) is 9.88 Å². The first-order valence-corrected chi connectivity index (χ1v) is 5.82. The third-order valence-corrected chi connectivity index (χ3v) is 3.15. The lowest BCUT2D eigenvalue weighted by molar-refractivity contribution is -0.137. The quantitative estimate of drug-likeness (QED) is 0.857. The zero-order valence-corrected chi connectivity index (χ0v) is 11.3. The van der Waals surface area contributed by atoms with Crippen molar-refractivity contribution in [1.29, 1.82) is 0 Å². The first-order chi connectivity index (χ1) is 8.47. The summed E-state index contributed by atoms with van der Waals surface area (Å²) in [6.45, 7) is 1.41. The maximum absolute atomic E-state index is 12.5. The highest BCUT2D eigenvalue weighted by molar-refractivity contribution is 5.85. The molecule has 0 unspecified atom stereocenters. The van der Waals surface area contributed by atoms with E-state index in [1.807, 2.05) is 7.05 Å². The van der Waals surface area contributed by atoms with Crippen molar-refractivity contribution in [2.45, 2.75) is 25.1 Å². The van der Waals surface area contributed by atoms with Crippen molar-refractivity contribution < 1.29 is 17.9 Å². The third-order valence-electron chi connectivity index (χ3n) is 3.15. The van der Waals surface area contributed by atoms with Gasteiger partial charge in [-0.05, 0) is 32.5 Å². The van der Waals surface area contributed by atoms with Gasteiger partial charge in [0.2, 0.25) is 0 Å². The minimum Gasteiger partial charge on any atom is -0.490 e. The van der Waals surface area contributed by atoms with E-state index in [1.54, 1.807) is 0 Å². The SMILES string of the molecule is CN1CCC[C@@H]1COc1cncc(C(F)(F)F)c1.Cl. The molecular weight excluding hydrogens is 281 g/mol.